The van der Waals surface area contributed by atoms with Crippen LogP contribution in [0.15, 0.2) is 18.3 Å². The number of aryl methyl sites for hydroxylation is 1. The normalized spacial score (nSPS) is 10.8. The molecule has 80 valence electrons. The highest BCUT2D eigenvalue weighted by atomic mass is 15.3. The summed E-state index contributed by atoms with van der Waals surface area (Å²) in [6.07, 6.45) is 2.88. The average molecular weight is 205 g/mol. The van der Waals surface area contributed by atoms with Gasteiger partial charge in [-0.3, -0.25) is 0 Å². The number of hydrogen-bond acceptors (Lipinski definition) is 4. The van der Waals surface area contributed by atoms with Gasteiger partial charge in [0.2, 0.25) is 5.95 Å². The van der Waals surface area contributed by atoms with Crippen molar-refractivity contribution in [1.82, 2.24) is 14.6 Å². The van der Waals surface area contributed by atoms with Crippen molar-refractivity contribution in [3.05, 3.63) is 23.9 Å². The molecule has 0 aliphatic heterocycles. The van der Waals surface area contributed by atoms with Crippen LogP contribution in [0.1, 0.15) is 12.0 Å². The molecule has 0 atom stereocenters. The molecule has 0 saturated heterocycles. The largest absolute Gasteiger partial charge is 0.353 e. The number of nitrogens with one attached hydrogen (secondary N) is 1. The first-order chi connectivity index (χ1) is 7.29. The number of rotatable bonds is 4. The Labute approximate surface area is 88.3 Å². The van der Waals surface area contributed by atoms with Crippen LogP contribution in [0.2, 0.25) is 0 Å². The highest BCUT2D eigenvalue weighted by Gasteiger charge is 2.01. The predicted octanol–water partition coefficient (Wildman–Crippen LogP) is 0.798. The van der Waals surface area contributed by atoms with Gasteiger partial charge in [-0.25, -0.2) is 4.52 Å². The minimum Gasteiger partial charge on any atom is -0.353 e. The molecule has 5 nitrogen and oxygen atoms in total. The van der Waals surface area contributed by atoms with Crippen molar-refractivity contribution in [1.29, 1.82) is 0 Å². The summed E-state index contributed by atoms with van der Waals surface area (Å²) in [5, 5.41) is 7.43. The fraction of sp³-hybridized carbons (Fsp3) is 0.400. The molecular weight excluding hydrogens is 190 g/mol. The summed E-state index contributed by atoms with van der Waals surface area (Å²) in [5.41, 5.74) is 7.43. The van der Waals surface area contributed by atoms with Crippen LogP contribution >= 0.6 is 0 Å². The smallest absolute Gasteiger partial charge is 0.243 e. The highest BCUT2D eigenvalue weighted by molar-refractivity contribution is 5.43. The SMILES string of the molecule is Cc1ccc2nc(NCCCN)nn2c1. The van der Waals surface area contributed by atoms with Crippen LogP contribution in [0, 0.1) is 6.92 Å². The summed E-state index contributed by atoms with van der Waals surface area (Å²) < 4.78 is 1.78. The number of pyridine rings is 1. The second kappa shape index (κ2) is 4.27. The Morgan fingerprint density at radius 3 is 3.13 bits per heavy atom. The first kappa shape index (κ1) is 9.92. The maximum Gasteiger partial charge on any atom is 0.243 e. The summed E-state index contributed by atoms with van der Waals surface area (Å²) in [6.45, 7) is 3.52. The van der Waals surface area contributed by atoms with Crippen LogP contribution in [-0.4, -0.2) is 27.7 Å². The molecular formula is C10H15N5. The number of nitrogens with two attached hydrogens (primary N) is 1. The third-order valence-corrected chi connectivity index (χ3v) is 2.14. The van der Waals surface area contributed by atoms with Crippen molar-refractivity contribution in [3.63, 3.8) is 0 Å². The van der Waals surface area contributed by atoms with Gasteiger partial charge in [0.05, 0.1) is 0 Å². The van der Waals surface area contributed by atoms with Gasteiger partial charge in [0.15, 0.2) is 5.65 Å². The van der Waals surface area contributed by atoms with Gasteiger partial charge in [-0.05, 0) is 31.5 Å². The van der Waals surface area contributed by atoms with Crippen molar-refractivity contribution in [2.45, 2.75) is 13.3 Å². The van der Waals surface area contributed by atoms with Crippen LogP contribution in [0.25, 0.3) is 5.65 Å². The molecule has 0 saturated carbocycles. The van der Waals surface area contributed by atoms with E-state index in [-0.39, 0.29) is 0 Å². The molecule has 0 amide bonds. The maximum absolute atomic E-state index is 5.40. The summed E-state index contributed by atoms with van der Waals surface area (Å²) >= 11 is 0. The molecule has 0 spiro atoms. The molecule has 0 radical (unpaired) electrons. The van der Waals surface area contributed by atoms with E-state index in [0.717, 1.165) is 18.6 Å². The first-order valence-corrected chi connectivity index (χ1v) is 5.06. The molecule has 2 aromatic heterocycles. The number of anilines is 1. The molecule has 0 unspecified atom stereocenters. The Kier molecular flexibility index (Phi) is 2.82. The van der Waals surface area contributed by atoms with E-state index in [9.17, 15) is 0 Å². The Hall–Kier alpha value is -1.62. The number of hydrogen-bond donors (Lipinski definition) is 2. The maximum atomic E-state index is 5.40. The average Bonchev–Trinajstić information content (AvgIpc) is 2.60. The Balaban J connectivity index is 2.16. The second-order valence-corrected chi connectivity index (χ2v) is 3.51. The van der Waals surface area contributed by atoms with E-state index in [1.165, 1.54) is 5.56 Å². The minimum absolute atomic E-state index is 0.661. The van der Waals surface area contributed by atoms with E-state index in [2.05, 4.69) is 15.4 Å². The number of nitrogens with zero attached hydrogens (tertiary/aromatic N) is 3. The fourth-order valence-corrected chi connectivity index (χ4v) is 1.36. The van der Waals surface area contributed by atoms with Crippen LogP contribution in [0.5, 0.6) is 0 Å². The zero-order valence-corrected chi connectivity index (χ0v) is 8.77. The van der Waals surface area contributed by atoms with Crippen molar-refractivity contribution >= 4 is 11.6 Å². The molecule has 2 aromatic rings. The van der Waals surface area contributed by atoms with Crippen molar-refractivity contribution in [2.75, 3.05) is 18.4 Å². The Bertz CT molecular complexity index is 448. The first-order valence-electron chi connectivity index (χ1n) is 5.06. The lowest BCUT2D eigenvalue weighted by Gasteiger charge is -1.97. The third-order valence-electron chi connectivity index (χ3n) is 2.14. The summed E-state index contributed by atoms with van der Waals surface area (Å²) in [7, 11) is 0. The molecule has 3 N–H and O–H groups in total. The second-order valence-electron chi connectivity index (χ2n) is 3.51. The minimum atomic E-state index is 0.661. The van der Waals surface area contributed by atoms with Gasteiger partial charge in [-0.1, -0.05) is 6.07 Å². The van der Waals surface area contributed by atoms with Gasteiger partial charge in [0, 0.05) is 12.7 Å². The van der Waals surface area contributed by atoms with Gasteiger partial charge >= 0.3 is 0 Å². The van der Waals surface area contributed by atoms with Crippen LogP contribution in [0.4, 0.5) is 5.95 Å². The third kappa shape index (κ3) is 2.24. The molecule has 2 heterocycles. The van der Waals surface area contributed by atoms with E-state index in [4.69, 9.17) is 5.73 Å². The molecule has 15 heavy (non-hydrogen) atoms. The number of aromatic nitrogens is 3. The quantitative estimate of drug-likeness (QED) is 0.724. The molecule has 0 aliphatic rings. The highest BCUT2D eigenvalue weighted by Crippen LogP contribution is 2.06. The molecule has 0 aromatic carbocycles. The van der Waals surface area contributed by atoms with Gasteiger partial charge in [0.25, 0.3) is 0 Å². The Morgan fingerprint density at radius 2 is 2.33 bits per heavy atom. The van der Waals surface area contributed by atoms with Crippen LogP contribution in [0.3, 0.4) is 0 Å². The summed E-state index contributed by atoms with van der Waals surface area (Å²) in [5.74, 6) is 0.661. The van der Waals surface area contributed by atoms with E-state index < -0.39 is 0 Å². The van der Waals surface area contributed by atoms with Gasteiger partial charge < -0.3 is 11.1 Å². The molecule has 0 aliphatic carbocycles. The zero-order valence-electron chi connectivity index (χ0n) is 8.77. The lowest BCUT2D eigenvalue weighted by Crippen LogP contribution is -2.09. The molecule has 2 rings (SSSR count). The lowest BCUT2D eigenvalue weighted by atomic mass is 10.3. The standard InChI is InChI=1S/C10H15N5/c1-8-3-4-9-13-10(12-6-2-5-11)14-15(9)7-8/h3-4,7H,2,5-6,11H2,1H3,(H,12,14). The van der Waals surface area contributed by atoms with Crippen molar-refractivity contribution in [2.24, 2.45) is 5.73 Å². The van der Waals surface area contributed by atoms with E-state index in [1.54, 1.807) is 4.52 Å². The zero-order chi connectivity index (χ0) is 10.7. The molecule has 0 bridgehead atoms. The lowest BCUT2D eigenvalue weighted by molar-refractivity contribution is 0.859. The topological polar surface area (TPSA) is 68.2 Å². The van der Waals surface area contributed by atoms with Gasteiger partial charge in [0.1, 0.15) is 0 Å². The predicted molar refractivity (Wildman–Crippen MR) is 59.9 cm³/mol. The summed E-state index contributed by atoms with van der Waals surface area (Å²) in [6, 6.07) is 3.98. The van der Waals surface area contributed by atoms with Gasteiger partial charge in [-0.15, -0.1) is 5.10 Å². The fourth-order valence-electron chi connectivity index (χ4n) is 1.36. The van der Waals surface area contributed by atoms with E-state index in [0.29, 0.717) is 12.5 Å². The Morgan fingerprint density at radius 1 is 1.47 bits per heavy atom. The monoisotopic (exact) mass is 205 g/mol. The molecule has 0 fully saturated rings. The van der Waals surface area contributed by atoms with Crippen LogP contribution < -0.4 is 11.1 Å². The van der Waals surface area contributed by atoms with Crippen molar-refractivity contribution in [3.8, 4) is 0 Å². The van der Waals surface area contributed by atoms with Crippen LogP contribution in [-0.2, 0) is 0 Å². The van der Waals surface area contributed by atoms with E-state index >= 15 is 0 Å². The molecule has 5 heteroatoms. The number of fused-ring (bicyclic) bond motifs is 1. The van der Waals surface area contributed by atoms with E-state index in [1.807, 2.05) is 25.3 Å². The van der Waals surface area contributed by atoms with Crippen molar-refractivity contribution < 1.29 is 0 Å². The summed E-state index contributed by atoms with van der Waals surface area (Å²) in [4.78, 5) is 4.33. The van der Waals surface area contributed by atoms with Gasteiger partial charge in [-0.2, -0.15) is 4.98 Å².